The van der Waals surface area contributed by atoms with Crippen LogP contribution in [0.15, 0.2) is 75.7 Å². The Morgan fingerprint density at radius 3 is 2.81 bits per heavy atom. The summed E-state index contributed by atoms with van der Waals surface area (Å²) in [5.74, 6) is -0.0254. The molecule has 2 aromatic heterocycles. The molecular formula is C24H17FN2O4. The number of benzene rings is 3. The number of fused-ring (bicyclic) bond motifs is 3. The van der Waals surface area contributed by atoms with Gasteiger partial charge in [0.1, 0.15) is 23.6 Å². The monoisotopic (exact) mass is 416 g/mol. The molecule has 5 rings (SSSR count). The smallest absolute Gasteiger partial charge is 0.314 e. The average molecular weight is 416 g/mol. The summed E-state index contributed by atoms with van der Waals surface area (Å²) in [6.07, 6.45) is -0.786. The third-order valence-corrected chi connectivity index (χ3v) is 4.98. The highest BCUT2D eigenvalue weighted by molar-refractivity contribution is 6.06. The predicted octanol–water partition coefficient (Wildman–Crippen LogP) is 5.62. The van der Waals surface area contributed by atoms with Crippen molar-refractivity contribution in [2.75, 3.05) is 0 Å². The zero-order valence-corrected chi connectivity index (χ0v) is 16.5. The molecule has 0 amide bonds. The molecule has 1 atom stereocenters. The molecule has 0 radical (unpaired) electrons. The van der Waals surface area contributed by atoms with Gasteiger partial charge in [-0.1, -0.05) is 47.6 Å². The molecule has 0 saturated carbocycles. The minimum Gasteiger partial charge on any atom is -0.460 e. The number of carbonyl (C=O) groups is 1. The van der Waals surface area contributed by atoms with E-state index in [0.717, 1.165) is 16.2 Å². The molecule has 7 heteroatoms. The summed E-state index contributed by atoms with van der Waals surface area (Å²) in [6, 6.07) is 19.6. The summed E-state index contributed by atoms with van der Waals surface area (Å²) in [5, 5.41) is 6.95. The van der Waals surface area contributed by atoms with Crippen molar-refractivity contribution in [3.05, 3.63) is 84.2 Å². The maximum absolute atomic E-state index is 13.4. The first-order valence-corrected chi connectivity index (χ1v) is 9.76. The fourth-order valence-electron chi connectivity index (χ4n) is 3.51. The van der Waals surface area contributed by atoms with Crippen LogP contribution in [-0.2, 0) is 16.0 Å². The Balaban J connectivity index is 1.30. The van der Waals surface area contributed by atoms with E-state index in [4.69, 9.17) is 13.7 Å². The lowest BCUT2D eigenvalue weighted by atomic mass is 10.1. The molecule has 0 bridgehead atoms. The van der Waals surface area contributed by atoms with Crippen LogP contribution in [-0.4, -0.2) is 16.1 Å². The molecule has 3 aromatic carbocycles. The van der Waals surface area contributed by atoms with E-state index in [-0.39, 0.29) is 18.1 Å². The van der Waals surface area contributed by atoms with Gasteiger partial charge in [-0.2, -0.15) is 4.98 Å². The van der Waals surface area contributed by atoms with Crippen molar-refractivity contribution in [3.8, 4) is 11.4 Å². The van der Waals surface area contributed by atoms with Crippen molar-refractivity contribution in [1.82, 2.24) is 10.1 Å². The molecule has 0 saturated heterocycles. The summed E-state index contributed by atoms with van der Waals surface area (Å²) in [6.45, 7) is 1.63. The van der Waals surface area contributed by atoms with Gasteiger partial charge in [-0.15, -0.1) is 0 Å². The minimum atomic E-state index is -0.757. The van der Waals surface area contributed by atoms with Gasteiger partial charge in [-0.3, -0.25) is 4.79 Å². The zero-order chi connectivity index (χ0) is 21.4. The lowest BCUT2D eigenvalue weighted by molar-refractivity contribution is -0.149. The van der Waals surface area contributed by atoms with Crippen molar-refractivity contribution >= 4 is 27.7 Å². The van der Waals surface area contributed by atoms with Gasteiger partial charge >= 0.3 is 5.97 Å². The van der Waals surface area contributed by atoms with Crippen LogP contribution in [0, 0.1) is 5.82 Å². The Morgan fingerprint density at radius 2 is 1.94 bits per heavy atom. The number of rotatable bonds is 5. The summed E-state index contributed by atoms with van der Waals surface area (Å²) in [4.78, 5) is 16.6. The minimum absolute atomic E-state index is 0.0295. The molecule has 5 aromatic rings. The highest BCUT2D eigenvalue weighted by atomic mass is 19.1. The Hall–Kier alpha value is -4.00. The maximum Gasteiger partial charge on any atom is 0.314 e. The van der Waals surface area contributed by atoms with E-state index in [2.05, 4.69) is 10.1 Å². The van der Waals surface area contributed by atoms with Gasteiger partial charge in [0.25, 0.3) is 5.89 Å². The van der Waals surface area contributed by atoms with E-state index in [9.17, 15) is 9.18 Å². The second-order valence-corrected chi connectivity index (χ2v) is 7.19. The number of aromatic nitrogens is 2. The first kappa shape index (κ1) is 19.0. The quantitative estimate of drug-likeness (QED) is 0.346. The molecular weight excluding hydrogens is 399 g/mol. The van der Waals surface area contributed by atoms with Crippen LogP contribution in [0.5, 0.6) is 0 Å². The Bertz CT molecular complexity index is 1410. The van der Waals surface area contributed by atoms with Gasteiger partial charge in [-0.25, -0.2) is 4.39 Å². The molecule has 0 N–H and O–H groups in total. The van der Waals surface area contributed by atoms with E-state index < -0.39 is 17.9 Å². The topological polar surface area (TPSA) is 78.4 Å². The van der Waals surface area contributed by atoms with Crippen molar-refractivity contribution < 1.29 is 22.9 Å². The molecule has 0 aliphatic carbocycles. The maximum atomic E-state index is 13.4. The summed E-state index contributed by atoms with van der Waals surface area (Å²) < 4.78 is 29.8. The van der Waals surface area contributed by atoms with Gasteiger partial charge in [0.15, 0.2) is 6.10 Å². The highest BCUT2D eigenvalue weighted by Gasteiger charge is 2.21. The lowest BCUT2D eigenvalue weighted by Crippen LogP contribution is -2.11. The number of halogens is 1. The number of hydrogen-bond donors (Lipinski definition) is 0. The van der Waals surface area contributed by atoms with E-state index >= 15 is 0 Å². The third kappa shape index (κ3) is 3.77. The molecule has 0 aliphatic heterocycles. The van der Waals surface area contributed by atoms with Crippen LogP contribution in [0.4, 0.5) is 4.39 Å². The largest absolute Gasteiger partial charge is 0.460 e. The standard InChI is InChI=1S/C24H17FN2O4/c1-14(24-26-23(27-31-24)16-6-4-7-17(25)11-16)29-22(28)13-18-12-20-19-8-3-2-5-15(19)9-10-21(20)30-18/h2-12,14H,13H2,1H3. The van der Waals surface area contributed by atoms with Gasteiger partial charge in [0.2, 0.25) is 5.82 Å². The van der Waals surface area contributed by atoms with Crippen LogP contribution < -0.4 is 0 Å². The lowest BCUT2D eigenvalue weighted by Gasteiger charge is -2.07. The first-order valence-electron chi connectivity index (χ1n) is 9.76. The molecule has 2 heterocycles. The number of carbonyl (C=O) groups excluding carboxylic acids is 1. The Labute approximate surface area is 176 Å². The van der Waals surface area contributed by atoms with Crippen LogP contribution in [0.2, 0.25) is 0 Å². The third-order valence-electron chi connectivity index (χ3n) is 4.98. The van der Waals surface area contributed by atoms with Gasteiger partial charge in [0, 0.05) is 10.9 Å². The zero-order valence-electron chi connectivity index (χ0n) is 16.5. The number of furan rings is 1. The molecule has 1 unspecified atom stereocenters. The van der Waals surface area contributed by atoms with Crippen molar-refractivity contribution in [2.45, 2.75) is 19.4 Å². The van der Waals surface area contributed by atoms with Gasteiger partial charge < -0.3 is 13.7 Å². The SMILES string of the molecule is CC(OC(=O)Cc1cc2c(ccc3ccccc32)o1)c1nc(-c2cccc(F)c2)no1. The molecule has 0 aliphatic rings. The number of ether oxygens (including phenoxy) is 1. The number of esters is 1. The van der Waals surface area contributed by atoms with Crippen molar-refractivity contribution in [2.24, 2.45) is 0 Å². The van der Waals surface area contributed by atoms with Gasteiger partial charge in [0.05, 0.1) is 0 Å². The van der Waals surface area contributed by atoms with Crippen LogP contribution in [0.25, 0.3) is 33.1 Å². The molecule has 0 spiro atoms. The predicted molar refractivity (Wildman–Crippen MR) is 112 cm³/mol. The Morgan fingerprint density at radius 1 is 1.06 bits per heavy atom. The summed E-state index contributed by atoms with van der Waals surface area (Å²) in [5.41, 5.74) is 1.19. The average Bonchev–Trinajstić information content (AvgIpc) is 3.41. The Kier molecular flexibility index (Phi) is 4.71. The molecule has 6 nitrogen and oxygen atoms in total. The van der Waals surface area contributed by atoms with Crippen LogP contribution in [0.3, 0.4) is 0 Å². The van der Waals surface area contributed by atoms with Crippen molar-refractivity contribution in [1.29, 1.82) is 0 Å². The van der Waals surface area contributed by atoms with Crippen LogP contribution in [0.1, 0.15) is 24.7 Å². The van der Waals surface area contributed by atoms with Crippen LogP contribution >= 0.6 is 0 Å². The van der Waals surface area contributed by atoms with Gasteiger partial charge in [-0.05, 0) is 42.0 Å². The fourth-order valence-corrected chi connectivity index (χ4v) is 3.51. The summed E-state index contributed by atoms with van der Waals surface area (Å²) in [7, 11) is 0. The second-order valence-electron chi connectivity index (χ2n) is 7.19. The first-order chi connectivity index (χ1) is 15.1. The van der Waals surface area contributed by atoms with E-state index in [0.29, 0.717) is 16.9 Å². The normalized spacial score (nSPS) is 12.3. The van der Waals surface area contributed by atoms with E-state index in [1.807, 2.05) is 42.5 Å². The molecule has 154 valence electrons. The molecule has 0 fully saturated rings. The number of hydrogen-bond acceptors (Lipinski definition) is 6. The molecule has 31 heavy (non-hydrogen) atoms. The van der Waals surface area contributed by atoms with E-state index in [1.54, 1.807) is 19.1 Å². The fraction of sp³-hybridized carbons (Fsp3) is 0.125. The summed E-state index contributed by atoms with van der Waals surface area (Å²) >= 11 is 0. The highest BCUT2D eigenvalue weighted by Crippen LogP contribution is 2.29. The second kappa shape index (κ2) is 7.68. The van der Waals surface area contributed by atoms with Crippen molar-refractivity contribution in [3.63, 3.8) is 0 Å². The number of nitrogens with zero attached hydrogens (tertiary/aromatic N) is 2. The van der Waals surface area contributed by atoms with E-state index in [1.165, 1.54) is 12.1 Å².